The first kappa shape index (κ1) is 26.0. The maximum absolute atomic E-state index is 4.36. The fourth-order valence-electron chi connectivity index (χ4n) is 4.35. The lowest BCUT2D eigenvalue weighted by Gasteiger charge is -2.16. The molecule has 0 bridgehead atoms. The molecule has 0 aromatic heterocycles. The van der Waals surface area contributed by atoms with E-state index in [0.717, 1.165) is 41.8 Å². The first-order valence-electron chi connectivity index (χ1n) is 12.9. The van der Waals surface area contributed by atoms with Crippen LogP contribution in [0.25, 0.3) is 5.57 Å². The van der Waals surface area contributed by atoms with E-state index in [9.17, 15) is 0 Å². The van der Waals surface area contributed by atoms with Crippen molar-refractivity contribution in [2.24, 2.45) is 0 Å². The van der Waals surface area contributed by atoms with Crippen molar-refractivity contribution >= 4 is 16.9 Å². The Morgan fingerprint density at radius 1 is 0.829 bits per heavy atom. The third-order valence-electron chi connectivity index (χ3n) is 6.19. The lowest BCUT2D eigenvalue weighted by Crippen LogP contribution is -1.98. The minimum Gasteiger partial charge on any atom is -0.356 e. The molecule has 1 atom stereocenters. The summed E-state index contributed by atoms with van der Waals surface area (Å²) < 4.78 is 0. The van der Waals surface area contributed by atoms with Gasteiger partial charge in [0.1, 0.15) is 0 Å². The molecule has 3 rings (SSSR count). The normalized spacial score (nSPS) is 13.1. The summed E-state index contributed by atoms with van der Waals surface area (Å²) in [6, 6.07) is 29.6. The van der Waals surface area contributed by atoms with Gasteiger partial charge in [0.15, 0.2) is 0 Å². The van der Waals surface area contributed by atoms with Crippen LogP contribution in [0, 0.1) is 0 Å². The predicted molar refractivity (Wildman–Crippen MR) is 155 cm³/mol. The second-order valence-electron chi connectivity index (χ2n) is 8.92. The van der Waals surface area contributed by atoms with Gasteiger partial charge in [-0.05, 0) is 71.9 Å². The van der Waals surface area contributed by atoms with Crippen LogP contribution in [0.3, 0.4) is 0 Å². The number of hydrogen-bond donors (Lipinski definition) is 1. The Kier molecular flexibility index (Phi) is 10.4. The van der Waals surface area contributed by atoms with E-state index in [1.165, 1.54) is 23.1 Å². The fourth-order valence-corrected chi connectivity index (χ4v) is 4.35. The minimum absolute atomic E-state index is 0.440. The first-order valence-corrected chi connectivity index (χ1v) is 12.9. The molecule has 3 aromatic carbocycles. The maximum Gasteiger partial charge on any atom is 0.0390 e. The van der Waals surface area contributed by atoms with Gasteiger partial charge in [0.25, 0.3) is 0 Å². The molecule has 0 radical (unpaired) electrons. The van der Waals surface area contributed by atoms with E-state index >= 15 is 0 Å². The predicted octanol–water partition coefficient (Wildman–Crippen LogP) is 10.3. The van der Waals surface area contributed by atoms with Gasteiger partial charge in [-0.15, -0.1) is 0 Å². The third-order valence-corrected chi connectivity index (χ3v) is 6.19. The van der Waals surface area contributed by atoms with Crippen molar-refractivity contribution in [3.8, 4) is 0 Å². The number of anilines is 2. The Bertz CT molecular complexity index is 1150. The van der Waals surface area contributed by atoms with E-state index in [1.807, 2.05) is 18.2 Å². The largest absolute Gasteiger partial charge is 0.356 e. The average Bonchev–Trinajstić information content (AvgIpc) is 2.90. The average molecular weight is 462 g/mol. The molecule has 0 fully saturated rings. The molecule has 0 amide bonds. The van der Waals surface area contributed by atoms with Crippen molar-refractivity contribution in [1.29, 1.82) is 0 Å². The van der Waals surface area contributed by atoms with Crippen molar-refractivity contribution in [3.63, 3.8) is 0 Å². The summed E-state index contributed by atoms with van der Waals surface area (Å²) >= 11 is 0. The molecule has 0 spiro atoms. The zero-order chi connectivity index (χ0) is 24.9. The van der Waals surface area contributed by atoms with Crippen LogP contribution < -0.4 is 5.32 Å². The van der Waals surface area contributed by atoms with Crippen LogP contribution in [0.15, 0.2) is 127 Å². The lowest BCUT2D eigenvalue weighted by atomic mass is 9.88. The maximum atomic E-state index is 4.36. The zero-order valence-electron chi connectivity index (χ0n) is 21.5. The van der Waals surface area contributed by atoms with Gasteiger partial charge in [-0.2, -0.15) is 0 Å². The number of rotatable bonds is 12. The highest BCUT2D eigenvalue weighted by Crippen LogP contribution is 2.29. The SMILES string of the molecule is C=C(\C=C/C(=C\C)C(=C/C(CCC)c1ccccc1)/CCC)c1cccc(Nc2ccccc2)c1. The standard InChI is InChI=1S/C34H39N/c1-5-15-31(25-32(16-6-2)29-17-10-8-11-18-29)28(7-3)24-23-27(4)30-19-14-22-34(26-30)35-33-20-12-9-13-21-33/h7-14,17-26,32,35H,4-6,15-16H2,1-3H3/b24-23-,28-7+,31-25+. The summed E-state index contributed by atoms with van der Waals surface area (Å²) in [5.41, 5.74) is 8.36. The Labute approximate surface area is 212 Å². The van der Waals surface area contributed by atoms with Crippen molar-refractivity contribution in [2.45, 2.75) is 52.4 Å². The Balaban J connectivity index is 1.80. The lowest BCUT2D eigenvalue weighted by molar-refractivity contribution is 0.709. The second kappa shape index (κ2) is 14.0. The van der Waals surface area contributed by atoms with E-state index in [-0.39, 0.29) is 0 Å². The molecule has 3 aromatic rings. The van der Waals surface area contributed by atoms with Gasteiger partial charge in [-0.1, -0.05) is 118 Å². The van der Waals surface area contributed by atoms with Gasteiger partial charge in [0.2, 0.25) is 0 Å². The van der Waals surface area contributed by atoms with Crippen LogP contribution in [0.5, 0.6) is 0 Å². The monoisotopic (exact) mass is 461 g/mol. The molecule has 35 heavy (non-hydrogen) atoms. The summed E-state index contributed by atoms with van der Waals surface area (Å²) in [7, 11) is 0. The number of hydrogen-bond acceptors (Lipinski definition) is 1. The highest BCUT2D eigenvalue weighted by atomic mass is 14.9. The highest BCUT2D eigenvalue weighted by Gasteiger charge is 2.11. The highest BCUT2D eigenvalue weighted by molar-refractivity contribution is 5.76. The molecular weight excluding hydrogens is 422 g/mol. The third kappa shape index (κ3) is 8.00. The van der Waals surface area contributed by atoms with Gasteiger partial charge < -0.3 is 5.32 Å². The Morgan fingerprint density at radius 3 is 2.17 bits per heavy atom. The molecule has 0 saturated carbocycles. The fraction of sp³-hybridized carbons (Fsp3) is 0.235. The molecular formula is C34H39N. The van der Waals surface area contributed by atoms with Crippen LogP contribution in [-0.4, -0.2) is 0 Å². The number of para-hydroxylation sites is 1. The molecule has 0 aliphatic heterocycles. The molecule has 0 saturated heterocycles. The molecule has 0 aliphatic rings. The molecule has 0 aliphatic carbocycles. The van der Waals surface area contributed by atoms with Crippen LogP contribution in [-0.2, 0) is 0 Å². The van der Waals surface area contributed by atoms with E-state index in [2.05, 4.69) is 124 Å². The molecule has 1 nitrogen and oxygen atoms in total. The number of nitrogens with one attached hydrogen (secondary N) is 1. The first-order chi connectivity index (χ1) is 17.1. The van der Waals surface area contributed by atoms with Gasteiger partial charge in [-0.25, -0.2) is 0 Å². The van der Waals surface area contributed by atoms with Crippen LogP contribution in [0.1, 0.15) is 63.5 Å². The summed E-state index contributed by atoms with van der Waals surface area (Å²) in [5.74, 6) is 0.440. The minimum atomic E-state index is 0.440. The van der Waals surface area contributed by atoms with Crippen molar-refractivity contribution < 1.29 is 0 Å². The molecule has 1 heteroatoms. The van der Waals surface area contributed by atoms with Crippen LogP contribution >= 0.6 is 0 Å². The van der Waals surface area contributed by atoms with Gasteiger partial charge in [-0.3, -0.25) is 0 Å². The molecule has 180 valence electrons. The summed E-state index contributed by atoms with van der Waals surface area (Å²) in [4.78, 5) is 0. The summed E-state index contributed by atoms with van der Waals surface area (Å²) in [5, 5.41) is 3.47. The summed E-state index contributed by atoms with van der Waals surface area (Å²) in [6.07, 6.45) is 13.6. The molecule has 0 heterocycles. The Hall–Kier alpha value is -3.58. The van der Waals surface area contributed by atoms with E-state index in [4.69, 9.17) is 0 Å². The van der Waals surface area contributed by atoms with Crippen LogP contribution in [0.2, 0.25) is 0 Å². The number of benzene rings is 3. The van der Waals surface area contributed by atoms with Crippen LogP contribution in [0.4, 0.5) is 11.4 Å². The number of allylic oxidation sites excluding steroid dienone is 7. The van der Waals surface area contributed by atoms with Gasteiger partial charge in [0, 0.05) is 17.3 Å². The Morgan fingerprint density at radius 2 is 1.51 bits per heavy atom. The smallest absolute Gasteiger partial charge is 0.0390 e. The summed E-state index contributed by atoms with van der Waals surface area (Å²) in [6.45, 7) is 11.0. The van der Waals surface area contributed by atoms with Gasteiger partial charge in [0.05, 0.1) is 0 Å². The van der Waals surface area contributed by atoms with E-state index in [0.29, 0.717) is 5.92 Å². The topological polar surface area (TPSA) is 12.0 Å². The zero-order valence-corrected chi connectivity index (χ0v) is 21.5. The molecule has 1 N–H and O–H groups in total. The van der Waals surface area contributed by atoms with Crippen molar-refractivity contribution in [2.75, 3.05) is 5.32 Å². The quantitative estimate of drug-likeness (QED) is 0.264. The van der Waals surface area contributed by atoms with E-state index < -0.39 is 0 Å². The van der Waals surface area contributed by atoms with Gasteiger partial charge >= 0.3 is 0 Å². The van der Waals surface area contributed by atoms with Crippen molar-refractivity contribution in [1.82, 2.24) is 0 Å². The van der Waals surface area contributed by atoms with E-state index in [1.54, 1.807) is 0 Å². The second-order valence-corrected chi connectivity index (χ2v) is 8.92. The van der Waals surface area contributed by atoms with Crippen molar-refractivity contribution in [3.05, 3.63) is 138 Å². The molecule has 1 unspecified atom stereocenters.